The monoisotopic (exact) mass is 491 g/mol. The van der Waals surface area contributed by atoms with Gasteiger partial charge in [0.25, 0.3) is 0 Å². The van der Waals surface area contributed by atoms with E-state index in [1.165, 1.54) is 64.2 Å². The molecule has 0 aliphatic carbocycles. The lowest BCUT2D eigenvalue weighted by atomic mass is 10.0. The van der Waals surface area contributed by atoms with Crippen molar-refractivity contribution in [2.75, 3.05) is 6.61 Å². The Morgan fingerprint density at radius 2 is 1.56 bits per heavy atom. The summed E-state index contributed by atoms with van der Waals surface area (Å²) in [4.78, 5) is 17.0. The Bertz CT molecular complexity index is 805. The summed E-state index contributed by atoms with van der Waals surface area (Å²) < 4.78 is 5.09. The zero-order valence-electron chi connectivity index (χ0n) is 20.7. The molecular formula is C28H42ClNO4. The molecule has 0 radical (unpaired) electrons. The first-order chi connectivity index (χ1) is 16.6. The van der Waals surface area contributed by atoms with Gasteiger partial charge in [0.05, 0.1) is 18.9 Å². The maximum atomic E-state index is 12.3. The summed E-state index contributed by atoms with van der Waals surface area (Å²) in [5, 5.41) is 20.4. The van der Waals surface area contributed by atoms with Gasteiger partial charge in [0.1, 0.15) is 5.57 Å². The zero-order chi connectivity index (χ0) is 24.6. The van der Waals surface area contributed by atoms with Gasteiger partial charge >= 0.3 is 5.97 Å². The van der Waals surface area contributed by atoms with Gasteiger partial charge in [0.2, 0.25) is 0 Å². The van der Waals surface area contributed by atoms with E-state index < -0.39 is 18.7 Å². The van der Waals surface area contributed by atoms with Gasteiger partial charge in [-0.25, -0.2) is 4.79 Å². The number of aliphatic imine (C=N–C) groups is 1. The van der Waals surface area contributed by atoms with E-state index in [1.54, 1.807) is 6.07 Å². The lowest BCUT2D eigenvalue weighted by Gasteiger charge is -2.08. The van der Waals surface area contributed by atoms with Crippen LogP contribution in [0.1, 0.15) is 102 Å². The van der Waals surface area contributed by atoms with E-state index in [0.717, 1.165) is 24.8 Å². The van der Waals surface area contributed by atoms with Crippen LogP contribution in [0.4, 0.5) is 0 Å². The van der Waals surface area contributed by atoms with Crippen LogP contribution in [0.3, 0.4) is 0 Å². The number of unbranched alkanes of at least 4 members (excludes halogenated alkanes) is 12. The van der Waals surface area contributed by atoms with Crippen LogP contribution in [-0.2, 0) is 16.1 Å². The third-order valence-electron chi connectivity index (χ3n) is 6.33. The van der Waals surface area contributed by atoms with E-state index >= 15 is 0 Å². The number of aliphatic hydroxyl groups excluding tert-OH is 2. The molecule has 1 aromatic carbocycles. The number of rotatable bonds is 18. The summed E-state index contributed by atoms with van der Waals surface area (Å²) >= 11 is 6.07. The number of ether oxygens (including phenoxy) is 1. The molecule has 0 aromatic heterocycles. The van der Waals surface area contributed by atoms with Crippen LogP contribution in [0.5, 0.6) is 0 Å². The number of esters is 1. The molecule has 1 heterocycles. The second-order valence-electron chi connectivity index (χ2n) is 9.22. The number of carbonyl (C=O) groups is 1. The Morgan fingerprint density at radius 3 is 2.09 bits per heavy atom. The van der Waals surface area contributed by atoms with E-state index in [-0.39, 0.29) is 11.3 Å². The summed E-state index contributed by atoms with van der Waals surface area (Å²) in [6.07, 6.45) is 16.0. The van der Waals surface area contributed by atoms with Crippen LogP contribution < -0.4 is 0 Å². The largest absolute Gasteiger partial charge is 0.507 e. The molecule has 2 N–H and O–H groups in total. The topological polar surface area (TPSA) is 79.1 Å². The van der Waals surface area contributed by atoms with Crippen molar-refractivity contribution in [2.24, 2.45) is 4.99 Å². The Morgan fingerprint density at radius 1 is 0.971 bits per heavy atom. The van der Waals surface area contributed by atoms with E-state index in [2.05, 4.69) is 11.9 Å². The van der Waals surface area contributed by atoms with Gasteiger partial charge in [-0.05, 0) is 30.5 Å². The molecule has 0 spiro atoms. The minimum absolute atomic E-state index is 0.111. The van der Waals surface area contributed by atoms with Gasteiger partial charge in [0.15, 0.2) is 11.9 Å². The molecule has 0 saturated heterocycles. The molecule has 0 saturated carbocycles. The first-order valence-corrected chi connectivity index (χ1v) is 13.5. The highest BCUT2D eigenvalue weighted by Crippen LogP contribution is 2.25. The fourth-order valence-corrected chi connectivity index (χ4v) is 4.53. The Hall–Kier alpha value is -1.85. The summed E-state index contributed by atoms with van der Waals surface area (Å²) in [5.74, 6) is -0.830. The maximum absolute atomic E-state index is 12.3. The predicted octanol–water partition coefficient (Wildman–Crippen LogP) is 7.49. The van der Waals surface area contributed by atoms with Crippen LogP contribution in [0.2, 0.25) is 5.02 Å². The number of benzene rings is 1. The Kier molecular flexibility index (Phi) is 14.0. The summed E-state index contributed by atoms with van der Waals surface area (Å²) in [6.45, 7) is 2.18. The molecule has 0 amide bonds. The van der Waals surface area contributed by atoms with Crippen molar-refractivity contribution in [2.45, 2.75) is 109 Å². The summed E-state index contributed by atoms with van der Waals surface area (Å²) in [5.41, 5.74) is 1.59. The third-order valence-corrected chi connectivity index (χ3v) is 6.56. The minimum atomic E-state index is -0.995. The Balaban J connectivity index is 1.77. The highest BCUT2D eigenvalue weighted by atomic mass is 35.5. The highest BCUT2D eigenvalue weighted by Gasteiger charge is 2.36. The van der Waals surface area contributed by atoms with Crippen LogP contribution in [-0.4, -0.2) is 34.6 Å². The van der Waals surface area contributed by atoms with E-state index in [1.807, 2.05) is 18.2 Å². The molecule has 6 heteroatoms. The lowest BCUT2D eigenvalue weighted by Crippen LogP contribution is -2.15. The number of carbonyl (C=O) groups excluding carboxylic acids is 1. The van der Waals surface area contributed by atoms with Gasteiger partial charge in [-0.3, -0.25) is 4.99 Å². The molecule has 1 aliphatic heterocycles. The fraction of sp³-hybridized carbons (Fsp3) is 0.643. The average Bonchev–Trinajstić information content (AvgIpc) is 3.12. The highest BCUT2D eigenvalue weighted by molar-refractivity contribution is 6.30. The SMILES string of the molecule is CCCCCCCCCCCCCCCC(=NCc1cccc(Cl)c1)C1=C(O)C(CO)OC1=O. The van der Waals surface area contributed by atoms with Crippen LogP contribution >= 0.6 is 11.6 Å². The normalized spacial score (nSPS) is 16.4. The number of halogens is 1. The number of cyclic esters (lactones) is 1. The smallest absolute Gasteiger partial charge is 0.344 e. The van der Waals surface area contributed by atoms with Gasteiger partial charge in [-0.1, -0.05) is 108 Å². The summed E-state index contributed by atoms with van der Waals surface area (Å²) in [6, 6.07) is 7.43. The van der Waals surface area contributed by atoms with Crippen LogP contribution in [0.15, 0.2) is 40.6 Å². The van der Waals surface area contributed by atoms with Gasteiger partial charge < -0.3 is 14.9 Å². The Labute approximate surface area is 210 Å². The second kappa shape index (κ2) is 16.7. The third kappa shape index (κ3) is 10.2. The second-order valence-corrected chi connectivity index (χ2v) is 9.66. The zero-order valence-corrected chi connectivity index (χ0v) is 21.5. The van der Waals surface area contributed by atoms with Crippen molar-refractivity contribution < 1.29 is 19.7 Å². The summed E-state index contributed by atoms with van der Waals surface area (Å²) in [7, 11) is 0. The first-order valence-electron chi connectivity index (χ1n) is 13.1. The van der Waals surface area contributed by atoms with E-state index in [9.17, 15) is 15.0 Å². The molecule has 5 nitrogen and oxygen atoms in total. The lowest BCUT2D eigenvalue weighted by molar-refractivity contribution is -0.141. The molecule has 190 valence electrons. The van der Waals surface area contributed by atoms with Crippen molar-refractivity contribution >= 4 is 23.3 Å². The first kappa shape index (κ1) is 28.4. The predicted molar refractivity (Wildman–Crippen MR) is 140 cm³/mol. The standard InChI is InChI=1S/C28H42ClNO4/c1-2-3-4-5-6-7-8-9-10-11-12-13-14-18-24(26-27(32)25(21-31)34-28(26)33)30-20-22-16-15-17-23(29)19-22/h15-17,19,25,31-32H,2-14,18,20-21H2,1H3. The molecule has 1 unspecified atom stereocenters. The maximum Gasteiger partial charge on any atom is 0.344 e. The molecule has 0 fully saturated rings. The van der Waals surface area contributed by atoms with Crippen molar-refractivity contribution in [3.63, 3.8) is 0 Å². The number of hydrogen-bond acceptors (Lipinski definition) is 5. The van der Waals surface area contributed by atoms with E-state index in [4.69, 9.17) is 16.3 Å². The quantitative estimate of drug-likeness (QED) is 0.127. The van der Waals surface area contributed by atoms with Crippen molar-refractivity contribution in [1.82, 2.24) is 0 Å². The molecule has 1 aromatic rings. The molecule has 1 aliphatic rings. The number of hydrogen-bond donors (Lipinski definition) is 2. The van der Waals surface area contributed by atoms with E-state index in [0.29, 0.717) is 23.7 Å². The van der Waals surface area contributed by atoms with Crippen molar-refractivity contribution in [3.8, 4) is 0 Å². The van der Waals surface area contributed by atoms with Crippen molar-refractivity contribution in [3.05, 3.63) is 46.2 Å². The van der Waals surface area contributed by atoms with Gasteiger partial charge in [0, 0.05) is 5.02 Å². The average molecular weight is 492 g/mol. The molecule has 1 atom stereocenters. The number of nitrogens with zero attached hydrogens (tertiary/aromatic N) is 1. The van der Waals surface area contributed by atoms with Gasteiger partial charge in [-0.15, -0.1) is 0 Å². The molecule has 0 bridgehead atoms. The number of aliphatic hydroxyl groups is 2. The molecule has 34 heavy (non-hydrogen) atoms. The van der Waals surface area contributed by atoms with Gasteiger partial charge in [-0.2, -0.15) is 0 Å². The minimum Gasteiger partial charge on any atom is -0.507 e. The van der Waals surface area contributed by atoms with Crippen LogP contribution in [0.25, 0.3) is 0 Å². The fourth-order valence-electron chi connectivity index (χ4n) is 4.31. The van der Waals surface area contributed by atoms with Crippen molar-refractivity contribution in [1.29, 1.82) is 0 Å². The molecule has 2 rings (SSSR count). The van der Waals surface area contributed by atoms with Crippen LogP contribution in [0, 0.1) is 0 Å². The molecular weight excluding hydrogens is 450 g/mol.